The van der Waals surface area contributed by atoms with E-state index in [1.54, 1.807) is 0 Å². The van der Waals surface area contributed by atoms with Crippen LogP contribution < -0.4 is 10.6 Å². The van der Waals surface area contributed by atoms with Gasteiger partial charge in [-0.25, -0.2) is 9.59 Å². The first-order chi connectivity index (χ1) is 9.19. The van der Waals surface area contributed by atoms with E-state index in [1.807, 2.05) is 13.8 Å². The van der Waals surface area contributed by atoms with Gasteiger partial charge in [0.1, 0.15) is 6.04 Å². The summed E-state index contributed by atoms with van der Waals surface area (Å²) in [6.07, 6.45) is 0.576. The molecule has 0 aromatic rings. The van der Waals surface area contributed by atoms with Crippen molar-refractivity contribution in [2.24, 2.45) is 0 Å². The summed E-state index contributed by atoms with van der Waals surface area (Å²) in [7, 11) is 0. The Hall–Kier alpha value is -1.83. The maximum Gasteiger partial charge on any atom is 0.326 e. The molecule has 1 unspecified atom stereocenters. The van der Waals surface area contributed by atoms with Crippen LogP contribution in [-0.2, 0) is 14.3 Å². The van der Waals surface area contributed by atoms with E-state index in [1.165, 1.54) is 0 Å². The van der Waals surface area contributed by atoms with Gasteiger partial charge in [-0.2, -0.15) is 0 Å². The third-order valence-corrected chi connectivity index (χ3v) is 3.01. The van der Waals surface area contributed by atoms with Crippen LogP contribution in [0.25, 0.3) is 0 Å². The highest BCUT2D eigenvalue weighted by Crippen LogP contribution is 2.23. The van der Waals surface area contributed by atoms with Crippen molar-refractivity contribution in [3.63, 3.8) is 0 Å². The lowest BCUT2D eigenvalue weighted by Crippen LogP contribution is -2.52. The molecular weight excluding hydrogens is 268 g/mol. The monoisotopic (exact) mass is 288 g/mol. The molecule has 1 heterocycles. The smallest absolute Gasteiger partial charge is 0.326 e. The molecule has 2 amide bonds. The second-order valence-corrected chi connectivity index (χ2v) is 5.40. The second kappa shape index (κ2) is 6.56. The number of aliphatic carboxylic acids is 2. The van der Waals surface area contributed by atoms with Gasteiger partial charge in [0.25, 0.3) is 0 Å². The molecule has 0 saturated carbocycles. The quantitative estimate of drug-likeness (QED) is 0.571. The highest BCUT2D eigenvalue weighted by molar-refractivity contribution is 5.86. The van der Waals surface area contributed by atoms with Crippen molar-refractivity contribution in [3.8, 4) is 0 Å². The zero-order valence-electron chi connectivity index (χ0n) is 11.5. The Morgan fingerprint density at radius 3 is 2.50 bits per heavy atom. The summed E-state index contributed by atoms with van der Waals surface area (Å²) in [5, 5.41) is 22.2. The Labute approximate surface area is 116 Å². The number of ether oxygens (including phenoxy) is 1. The molecule has 0 bridgehead atoms. The molecular formula is C12H20N2O6. The van der Waals surface area contributed by atoms with E-state index in [9.17, 15) is 14.4 Å². The van der Waals surface area contributed by atoms with Gasteiger partial charge < -0.3 is 25.6 Å². The first kappa shape index (κ1) is 16.2. The van der Waals surface area contributed by atoms with E-state index < -0.39 is 30.4 Å². The standard InChI is InChI=1S/C12H20N2O6/c1-12(2)6-7(3-4-20-12)13-11(19)14-8(10(17)18)5-9(15)16/h7-8H,3-6H2,1-2H3,(H,15,16)(H,17,18)(H2,13,14,19)/t7?,8-/m1/s1. The lowest BCUT2D eigenvalue weighted by Gasteiger charge is -2.35. The summed E-state index contributed by atoms with van der Waals surface area (Å²) in [5.41, 5.74) is -0.344. The molecule has 1 rings (SSSR count). The van der Waals surface area contributed by atoms with Crippen LogP contribution in [0.4, 0.5) is 4.79 Å². The molecule has 4 N–H and O–H groups in total. The Morgan fingerprint density at radius 1 is 1.35 bits per heavy atom. The van der Waals surface area contributed by atoms with Gasteiger partial charge in [-0.15, -0.1) is 0 Å². The Balaban J connectivity index is 2.49. The molecule has 1 saturated heterocycles. The maximum atomic E-state index is 11.7. The zero-order chi connectivity index (χ0) is 15.3. The number of carbonyl (C=O) groups excluding carboxylic acids is 1. The predicted octanol–water partition coefficient (Wildman–Crippen LogP) is 0.171. The molecule has 8 nitrogen and oxygen atoms in total. The molecule has 1 aliphatic rings. The molecule has 0 radical (unpaired) electrons. The van der Waals surface area contributed by atoms with Gasteiger partial charge in [-0.05, 0) is 26.7 Å². The number of carboxylic acids is 2. The van der Waals surface area contributed by atoms with Crippen molar-refractivity contribution in [2.75, 3.05) is 6.61 Å². The molecule has 0 aromatic carbocycles. The largest absolute Gasteiger partial charge is 0.481 e. The Morgan fingerprint density at radius 2 is 2.00 bits per heavy atom. The first-order valence-electron chi connectivity index (χ1n) is 6.35. The van der Waals surface area contributed by atoms with Crippen LogP contribution in [0, 0.1) is 0 Å². The molecule has 1 aliphatic heterocycles. The van der Waals surface area contributed by atoms with Crippen molar-refractivity contribution in [1.82, 2.24) is 10.6 Å². The fourth-order valence-corrected chi connectivity index (χ4v) is 2.12. The third-order valence-electron chi connectivity index (χ3n) is 3.01. The van der Waals surface area contributed by atoms with Gasteiger partial charge in [0.05, 0.1) is 12.0 Å². The van der Waals surface area contributed by atoms with Gasteiger partial charge in [0.15, 0.2) is 0 Å². The van der Waals surface area contributed by atoms with Crippen molar-refractivity contribution in [1.29, 1.82) is 0 Å². The number of carbonyl (C=O) groups is 3. The topological polar surface area (TPSA) is 125 Å². The van der Waals surface area contributed by atoms with Crippen molar-refractivity contribution >= 4 is 18.0 Å². The summed E-state index contributed by atoms with van der Waals surface area (Å²) >= 11 is 0. The molecule has 114 valence electrons. The highest BCUT2D eigenvalue weighted by Gasteiger charge is 2.30. The minimum atomic E-state index is -1.44. The minimum Gasteiger partial charge on any atom is -0.481 e. The van der Waals surface area contributed by atoms with Gasteiger partial charge in [0, 0.05) is 12.6 Å². The zero-order valence-corrected chi connectivity index (χ0v) is 11.5. The molecule has 0 spiro atoms. The normalized spacial score (nSPS) is 22.6. The van der Waals surface area contributed by atoms with Crippen LogP contribution in [0.15, 0.2) is 0 Å². The van der Waals surface area contributed by atoms with Crippen molar-refractivity contribution < 1.29 is 29.3 Å². The molecule has 8 heteroatoms. The van der Waals surface area contributed by atoms with E-state index in [-0.39, 0.29) is 11.6 Å². The van der Waals surface area contributed by atoms with Crippen LogP contribution in [-0.4, -0.2) is 52.5 Å². The van der Waals surface area contributed by atoms with E-state index >= 15 is 0 Å². The molecule has 1 fully saturated rings. The summed E-state index contributed by atoms with van der Waals surface area (Å²) in [5.74, 6) is -2.67. The number of amides is 2. The van der Waals surface area contributed by atoms with Crippen molar-refractivity contribution in [2.45, 2.75) is 50.8 Å². The average Bonchev–Trinajstić information content (AvgIpc) is 2.25. The third kappa shape index (κ3) is 5.43. The molecule has 0 aliphatic carbocycles. The number of urea groups is 1. The SMILES string of the molecule is CC1(C)CC(NC(=O)N[C@H](CC(=O)O)C(=O)O)CCO1. The van der Waals surface area contributed by atoms with Gasteiger partial charge in [0.2, 0.25) is 0 Å². The van der Waals surface area contributed by atoms with E-state index in [0.29, 0.717) is 19.4 Å². The number of hydrogen-bond acceptors (Lipinski definition) is 4. The second-order valence-electron chi connectivity index (χ2n) is 5.40. The number of rotatable bonds is 5. The molecule has 20 heavy (non-hydrogen) atoms. The van der Waals surface area contributed by atoms with Crippen LogP contribution in [0.2, 0.25) is 0 Å². The molecule has 0 aromatic heterocycles. The lowest BCUT2D eigenvalue weighted by atomic mass is 9.94. The van der Waals surface area contributed by atoms with Crippen LogP contribution in [0.1, 0.15) is 33.1 Å². The fraction of sp³-hybridized carbons (Fsp3) is 0.750. The first-order valence-corrected chi connectivity index (χ1v) is 6.35. The number of nitrogens with one attached hydrogen (secondary N) is 2. The summed E-state index contributed by atoms with van der Waals surface area (Å²) in [4.78, 5) is 33.1. The summed E-state index contributed by atoms with van der Waals surface area (Å²) in [6.45, 7) is 4.32. The van der Waals surface area contributed by atoms with Crippen molar-refractivity contribution in [3.05, 3.63) is 0 Å². The Bertz CT molecular complexity index is 395. The fourth-order valence-electron chi connectivity index (χ4n) is 2.12. The van der Waals surface area contributed by atoms with Gasteiger partial charge in [-0.1, -0.05) is 0 Å². The van der Waals surface area contributed by atoms with Gasteiger partial charge >= 0.3 is 18.0 Å². The lowest BCUT2D eigenvalue weighted by molar-refractivity contribution is -0.145. The van der Waals surface area contributed by atoms with Crippen LogP contribution >= 0.6 is 0 Å². The van der Waals surface area contributed by atoms with Crippen LogP contribution in [0.5, 0.6) is 0 Å². The summed E-state index contributed by atoms with van der Waals surface area (Å²) in [6, 6.07) is -2.25. The van der Waals surface area contributed by atoms with Gasteiger partial charge in [-0.3, -0.25) is 4.79 Å². The minimum absolute atomic E-state index is 0.127. The van der Waals surface area contributed by atoms with E-state index in [0.717, 1.165) is 0 Å². The van der Waals surface area contributed by atoms with E-state index in [4.69, 9.17) is 14.9 Å². The number of carboxylic acid groups (broad SMARTS) is 2. The van der Waals surface area contributed by atoms with Crippen LogP contribution in [0.3, 0.4) is 0 Å². The summed E-state index contributed by atoms with van der Waals surface area (Å²) < 4.78 is 5.51. The van der Waals surface area contributed by atoms with E-state index in [2.05, 4.69) is 10.6 Å². The Kier molecular flexibility index (Phi) is 5.32. The maximum absolute atomic E-state index is 11.7. The average molecular weight is 288 g/mol. The predicted molar refractivity (Wildman–Crippen MR) is 68.4 cm³/mol. The highest BCUT2D eigenvalue weighted by atomic mass is 16.5. The molecule has 2 atom stereocenters. The number of hydrogen-bond donors (Lipinski definition) is 4.